The van der Waals surface area contributed by atoms with Crippen LogP contribution in [0.3, 0.4) is 0 Å². The van der Waals surface area contributed by atoms with E-state index in [1.807, 2.05) is 0 Å². The Hall–Kier alpha value is -0.260. The summed E-state index contributed by atoms with van der Waals surface area (Å²) in [6.45, 7) is 13.4. The Balaban J connectivity index is 2.72. The second-order valence-corrected chi connectivity index (χ2v) is 5.48. The summed E-state index contributed by atoms with van der Waals surface area (Å²) >= 11 is 0. The van der Waals surface area contributed by atoms with E-state index in [2.05, 4.69) is 40.3 Å². The number of allylic oxidation sites excluding steroid dienone is 1. The zero-order valence-electron chi connectivity index (χ0n) is 8.98. The topological polar surface area (TPSA) is 0 Å². The van der Waals surface area contributed by atoms with Gasteiger partial charge in [0.15, 0.2) is 0 Å². The third-order valence-electron chi connectivity index (χ3n) is 3.79. The molecule has 0 radical (unpaired) electrons. The summed E-state index contributed by atoms with van der Waals surface area (Å²) in [6, 6.07) is 0. The molecule has 0 aromatic rings. The molecular weight excluding hydrogens is 144 g/mol. The van der Waals surface area contributed by atoms with Crippen molar-refractivity contribution in [3.63, 3.8) is 0 Å². The Kier molecular flexibility index (Phi) is 2.38. The molecule has 2 atom stereocenters. The van der Waals surface area contributed by atoms with Gasteiger partial charge in [-0.3, -0.25) is 0 Å². The molecule has 0 heteroatoms. The summed E-state index contributed by atoms with van der Waals surface area (Å²) in [5.41, 5.74) is 0.956. The summed E-state index contributed by atoms with van der Waals surface area (Å²) < 4.78 is 0. The second-order valence-electron chi connectivity index (χ2n) is 5.48. The van der Waals surface area contributed by atoms with Crippen molar-refractivity contribution in [1.82, 2.24) is 0 Å². The molecule has 70 valence electrons. The van der Waals surface area contributed by atoms with E-state index < -0.39 is 0 Å². The van der Waals surface area contributed by atoms with Crippen molar-refractivity contribution < 1.29 is 0 Å². The van der Waals surface area contributed by atoms with Crippen molar-refractivity contribution in [3.05, 3.63) is 12.7 Å². The van der Waals surface area contributed by atoms with E-state index in [9.17, 15) is 0 Å². The van der Waals surface area contributed by atoms with Crippen molar-refractivity contribution in [2.75, 3.05) is 0 Å². The third kappa shape index (κ3) is 1.73. The van der Waals surface area contributed by atoms with Gasteiger partial charge in [0.1, 0.15) is 0 Å². The van der Waals surface area contributed by atoms with Gasteiger partial charge in [-0.2, -0.15) is 0 Å². The number of rotatable bonds is 1. The van der Waals surface area contributed by atoms with Crippen LogP contribution < -0.4 is 0 Å². The number of hydrogen-bond acceptors (Lipinski definition) is 0. The molecule has 0 nitrogen and oxygen atoms in total. The lowest BCUT2D eigenvalue weighted by molar-refractivity contribution is 0.0888. The first kappa shape index (κ1) is 9.83. The highest BCUT2D eigenvalue weighted by Gasteiger charge is 2.38. The molecule has 12 heavy (non-hydrogen) atoms. The lowest BCUT2D eigenvalue weighted by Crippen LogP contribution is -2.34. The summed E-state index contributed by atoms with van der Waals surface area (Å²) in [4.78, 5) is 0. The van der Waals surface area contributed by atoms with E-state index in [-0.39, 0.29) is 0 Å². The average Bonchev–Trinajstić information content (AvgIpc) is 1.97. The van der Waals surface area contributed by atoms with Crippen LogP contribution in [0.25, 0.3) is 0 Å². The van der Waals surface area contributed by atoms with Gasteiger partial charge in [-0.15, -0.1) is 6.58 Å². The van der Waals surface area contributed by atoms with Gasteiger partial charge in [0.05, 0.1) is 0 Å². The first-order valence-electron chi connectivity index (χ1n) is 5.03. The molecule has 0 amide bonds. The van der Waals surface area contributed by atoms with Crippen molar-refractivity contribution in [2.45, 2.75) is 47.0 Å². The first-order chi connectivity index (χ1) is 5.40. The lowest BCUT2D eigenvalue weighted by Gasteiger charge is -2.45. The van der Waals surface area contributed by atoms with Crippen LogP contribution in [0.2, 0.25) is 0 Å². The van der Waals surface area contributed by atoms with E-state index in [1.54, 1.807) is 0 Å². The normalized spacial score (nSPS) is 40.8. The lowest BCUT2D eigenvalue weighted by atomic mass is 9.60. The zero-order chi connectivity index (χ0) is 9.41. The Morgan fingerprint density at radius 1 is 1.25 bits per heavy atom. The van der Waals surface area contributed by atoms with Crippen LogP contribution >= 0.6 is 0 Å². The Morgan fingerprint density at radius 3 is 2.25 bits per heavy atom. The fourth-order valence-corrected chi connectivity index (χ4v) is 2.32. The van der Waals surface area contributed by atoms with Crippen molar-refractivity contribution in [2.24, 2.45) is 16.7 Å². The number of hydrogen-bond donors (Lipinski definition) is 0. The molecule has 0 aliphatic heterocycles. The molecule has 1 aliphatic rings. The molecule has 0 saturated heterocycles. The molecule has 1 unspecified atom stereocenters. The Bertz CT molecular complexity index is 178. The highest BCUT2D eigenvalue weighted by Crippen LogP contribution is 2.48. The van der Waals surface area contributed by atoms with Crippen molar-refractivity contribution >= 4 is 0 Å². The van der Waals surface area contributed by atoms with Crippen LogP contribution in [0, 0.1) is 16.7 Å². The highest BCUT2D eigenvalue weighted by molar-refractivity contribution is 5.00. The van der Waals surface area contributed by atoms with Gasteiger partial charge in [0, 0.05) is 0 Å². The van der Waals surface area contributed by atoms with Gasteiger partial charge in [-0.25, -0.2) is 0 Å². The predicted octanol–water partition coefficient (Wildman–Crippen LogP) is 4.02. The Morgan fingerprint density at radius 2 is 1.83 bits per heavy atom. The van der Waals surface area contributed by atoms with Crippen LogP contribution in [0.1, 0.15) is 47.0 Å². The standard InChI is InChI=1S/C12H22/c1-6-12(5)8-7-11(3,4)9-10(12)2/h6,10H,1,7-9H2,2-5H3/t10?,12-/m0/s1. The van der Waals surface area contributed by atoms with E-state index in [0.29, 0.717) is 10.8 Å². The van der Waals surface area contributed by atoms with Crippen LogP contribution in [-0.4, -0.2) is 0 Å². The second kappa shape index (κ2) is 2.90. The highest BCUT2D eigenvalue weighted by atomic mass is 14.4. The predicted molar refractivity (Wildman–Crippen MR) is 55.1 cm³/mol. The van der Waals surface area contributed by atoms with Crippen molar-refractivity contribution in [1.29, 1.82) is 0 Å². The van der Waals surface area contributed by atoms with E-state index >= 15 is 0 Å². The largest absolute Gasteiger partial charge is 0.103 e. The van der Waals surface area contributed by atoms with Crippen LogP contribution in [0.15, 0.2) is 12.7 Å². The minimum Gasteiger partial charge on any atom is -0.103 e. The van der Waals surface area contributed by atoms with Gasteiger partial charge >= 0.3 is 0 Å². The zero-order valence-corrected chi connectivity index (χ0v) is 8.98. The fourth-order valence-electron chi connectivity index (χ4n) is 2.32. The molecule has 1 rings (SSSR count). The molecule has 0 N–H and O–H groups in total. The average molecular weight is 166 g/mol. The van der Waals surface area contributed by atoms with Gasteiger partial charge < -0.3 is 0 Å². The molecule has 0 aromatic carbocycles. The van der Waals surface area contributed by atoms with E-state index in [4.69, 9.17) is 0 Å². The Labute approximate surface area is 77.1 Å². The summed E-state index contributed by atoms with van der Waals surface area (Å²) in [7, 11) is 0. The summed E-state index contributed by atoms with van der Waals surface area (Å²) in [6.07, 6.45) is 6.16. The molecule has 0 aromatic heterocycles. The monoisotopic (exact) mass is 166 g/mol. The van der Waals surface area contributed by atoms with E-state index in [0.717, 1.165) is 5.92 Å². The molecule has 1 aliphatic carbocycles. The molecule has 1 fully saturated rings. The molecular formula is C12H22. The summed E-state index contributed by atoms with van der Waals surface area (Å²) in [5.74, 6) is 0.791. The van der Waals surface area contributed by atoms with Gasteiger partial charge in [-0.1, -0.05) is 33.8 Å². The van der Waals surface area contributed by atoms with Gasteiger partial charge in [-0.05, 0) is 36.0 Å². The van der Waals surface area contributed by atoms with Gasteiger partial charge in [0.2, 0.25) is 0 Å². The minimum atomic E-state index is 0.398. The van der Waals surface area contributed by atoms with Crippen LogP contribution in [0.4, 0.5) is 0 Å². The molecule has 0 bridgehead atoms. The quantitative estimate of drug-likeness (QED) is 0.516. The summed E-state index contributed by atoms with van der Waals surface area (Å²) in [5, 5.41) is 0. The van der Waals surface area contributed by atoms with Crippen LogP contribution in [0.5, 0.6) is 0 Å². The first-order valence-corrected chi connectivity index (χ1v) is 5.03. The minimum absolute atomic E-state index is 0.398. The molecule has 0 spiro atoms. The smallest absolute Gasteiger partial charge is 0.0123 e. The maximum Gasteiger partial charge on any atom is -0.0123 e. The molecule has 0 heterocycles. The van der Waals surface area contributed by atoms with E-state index in [1.165, 1.54) is 19.3 Å². The maximum atomic E-state index is 3.95. The van der Waals surface area contributed by atoms with Crippen molar-refractivity contribution in [3.8, 4) is 0 Å². The van der Waals surface area contributed by atoms with Crippen LogP contribution in [-0.2, 0) is 0 Å². The SMILES string of the molecule is C=C[C@@]1(C)CCC(C)(C)CC1C. The maximum absolute atomic E-state index is 3.95. The molecule has 1 saturated carbocycles. The third-order valence-corrected chi connectivity index (χ3v) is 3.79. The van der Waals surface area contributed by atoms with Gasteiger partial charge in [0.25, 0.3) is 0 Å². The fraction of sp³-hybridized carbons (Fsp3) is 0.833.